The summed E-state index contributed by atoms with van der Waals surface area (Å²) in [5.74, 6) is -0.801. The van der Waals surface area contributed by atoms with Gasteiger partial charge in [0.2, 0.25) is 11.8 Å². The third-order valence-electron chi connectivity index (χ3n) is 7.38. The van der Waals surface area contributed by atoms with Gasteiger partial charge < -0.3 is 14.8 Å². The highest BCUT2D eigenvalue weighted by atomic mass is 16.6. The highest BCUT2D eigenvalue weighted by molar-refractivity contribution is 5.91. The van der Waals surface area contributed by atoms with Gasteiger partial charge in [0.25, 0.3) is 0 Å². The van der Waals surface area contributed by atoms with Gasteiger partial charge in [0.15, 0.2) is 6.04 Å². The van der Waals surface area contributed by atoms with Crippen molar-refractivity contribution in [3.8, 4) is 0 Å². The molecule has 10 heteroatoms. The normalized spacial score (nSPS) is 14.0. The third kappa shape index (κ3) is 12.5. The van der Waals surface area contributed by atoms with Crippen LogP contribution in [0.2, 0.25) is 0 Å². The second kappa shape index (κ2) is 18.1. The van der Waals surface area contributed by atoms with E-state index in [-0.39, 0.29) is 24.5 Å². The Hall–Kier alpha value is -3.92. The number of esters is 1. The fraction of sp³-hybridized carbons (Fsp3) is 0.543. The molecule has 2 aromatic rings. The number of nitrogens with zero attached hydrogens (tertiary/aromatic N) is 1. The number of anilines is 1. The first-order chi connectivity index (χ1) is 21.6. The maximum atomic E-state index is 13.8. The fourth-order valence-corrected chi connectivity index (χ4v) is 5.20. The smallest absolute Gasteiger partial charge is 0.411 e. The standard InChI is InChI=1S/C35H49N3O7/c1-5-43-37-31(40)24-12-7-6-11-23-30(39)36-29-22-16-13-19-27(29)25-38(34(42)45-35(2,3)4)32(26-17-9-8-10-18-26)33(41)44-28-20-14-15-21-28/h8-10,13,16-19,22,28,32H,5-7,11-12,14-15,20-21,23-25H2,1-4H3,(H,36,39)(H,37,40)/t32-/m0/s1. The van der Waals surface area contributed by atoms with Crippen LogP contribution in [0.25, 0.3) is 0 Å². The van der Waals surface area contributed by atoms with Crippen molar-refractivity contribution in [2.75, 3.05) is 11.9 Å². The summed E-state index contributed by atoms with van der Waals surface area (Å²) in [4.78, 5) is 58.4. The van der Waals surface area contributed by atoms with Crippen LogP contribution >= 0.6 is 0 Å². The van der Waals surface area contributed by atoms with Crippen LogP contribution in [0.15, 0.2) is 54.6 Å². The van der Waals surface area contributed by atoms with E-state index in [1.165, 1.54) is 4.90 Å². The van der Waals surface area contributed by atoms with Crippen molar-refractivity contribution in [1.29, 1.82) is 0 Å². The van der Waals surface area contributed by atoms with Gasteiger partial charge in [-0.3, -0.25) is 19.3 Å². The Morgan fingerprint density at radius 2 is 1.49 bits per heavy atom. The lowest BCUT2D eigenvalue weighted by Crippen LogP contribution is -2.43. The number of rotatable bonds is 16. The first-order valence-corrected chi connectivity index (χ1v) is 16.1. The first kappa shape index (κ1) is 35.6. The molecule has 1 aliphatic carbocycles. The Bertz CT molecular complexity index is 1240. The van der Waals surface area contributed by atoms with E-state index in [4.69, 9.17) is 14.3 Å². The molecule has 0 aliphatic heterocycles. The van der Waals surface area contributed by atoms with Crippen molar-refractivity contribution < 1.29 is 33.5 Å². The Morgan fingerprint density at radius 3 is 2.13 bits per heavy atom. The number of hydroxylamine groups is 1. The number of para-hydroxylation sites is 1. The average Bonchev–Trinajstić information content (AvgIpc) is 3.51. The zero-order valence-electron chi connectivity index (χ0n) is 27.1. The van der Waals surface area contributed by atoms with Crippen LogP contribution in [0.3, 0.4) is 0 Å². The molecule has 3 rings (SSSR count). The largest absolute Gasteiger partial charge is 0.461 e. The zero-order valence-corrected chi connectivity index (χ0v) is 27.1. The molecule has 1 fully saturated rings. The number of carbonyl (C=O) groups excluding carboxylic acids is 4. The summed E-state index contributed by atoms with van der Waals surface area (Å²) in [5, 5.41) is 2.99. The minimum atomic E-state index is -1.04. The maximum Gasteiger partial charge on any atom is 0.411 e. The fourth-order valence-electron chi connectivity index (χ4n) is 5.20. The van der Waals surface area contributed by atoms with Crippen molar-refractivity contribution in [2.45, 2.75) is 116 Å². The number of amides is 3. The molecular formula is C35H49N3O7. The molecule has 2 aromatic carbocycles. The lowest BCUT2D eigenvalue weighted by Gasteiger charge is -2.33. The number of ether oxygens (including phenoxy) is 2. The monoisotopic (exact) mass is 623 g/mol. The van der Waals surface area contributed by atoms with E-state index < -0.39 is 23.7 Å². The van der Waals surface area contributed by atoms with E-state index in [2.05, 4.69) is 10.8 Å². The number of benzene rings is 2. The molecule has 1 atom stereocenters. The molecule has 0 aromatic heterocycles. The second-order valence-electron chi connectivity index (χ2n) is 12.3. The minimum Gasteiger partial charge on any atom is -0.461 e. The molecule has 3 amide bonds. The summed E-state index contributed by atoms with van der Waals surface area (Å²) in [6.07, 6.45) is 6.50. The lowest BCUT2D eigenvalue weighted by molar-refractivity contribution is -0.155. The lowest BCUT2D eigenvalue weighted by atomic mass is 10.0. The molecule has 10 nitrogen and oxygen atoms in total. The molecule has 1 saturated carbocycles. The van der Waals surface area contributed by atoms with Crippen molar-refractivity contribution in [2.24, 2.45) is 0 Å². The van der Waals surface area contributed by atoms with Gasteiger partial charge in [0, 0.05) is 18.5 Å². The van der Waals surface area contributed by atoms with Gasteiger partial charge in [-0.05, 0) is 83.4 Å². The maximum absolute atomic E-state index is 13.8. The second-order valence-corrected chi connectivity index (χ2v) is 12.3. The summed E-state index contributed by atoms with van der Waals surface area (Å²) in [5.41, 5.74) is 3.41. The Kier molecular flexibility index (Phi) is 14.3. The van der Waals surface area contributed by atoms with E-state index in [0.717, 1.165) is 44.9 Å². The molecule has 0 radical (unpaired) electrons. The molecule has 246 valence electrons. The molecule has 0 saturated heterocycles. The first-order valence-electron chi connectivity index (χ1n) is 16.1. The summed E-state index contributed by atoms with van der Waals surface area (Å²) in [6, 6.07) is 15.3. The van der Waals surface area contributed by atoms with Gasteiger partial charge in [-0.15, -0.1) is 0 Å². The van der Waals surface area contributed by atoms with Crippen LogP contribution in [0.5, 0.6) is 0 Å². The highest BCUT2D eigenvalue weighted by Crippen LogP contribution is 2.31. The number of hydrogen-bond donors (Lipinski definition) is 2. The SMILES string of the molecule is CCONC(=O)CCCCCCC(=O)Nc1ccccc1CN(C(=O)OC(C)(C)C)[C@H](C(=O)OC1CCCC1)c1ccccc1. The van der Waals surface area contributed by atoms with Crippen LogP contribution in [0.1, 0.15) is 109 Å². The Labute approximate surface area is 267 Å². The highest BCUT2D eigenvalue weighted by Gasteiger charge is 2.37. The quantitative estimate of drug-likeness (QED) is 0.117. The Balaban J connectivity index is 1.73. The molecule has 0 unspecified atom stereocenters. The van der Waals surface area contributed by atoms with Crippen LogP contribution in [-0.2, 0) is 35.2 Å². The van der Waals surface area contributed by atoms with E-state index in [0.29, 0.717) is 42.7 Å². The van der Waals surface area contributed by atoms with Gasteiger partial charge in [-0.2, -0.15) is 0 Å². The van der Waals surface area contributed by atoms with Crippen molar-refractivity contribution in [3.63, 3.8) is 0 Å². The summed E-state index contributed by atoms with van der Waals surface area (Å²) in [7, 11) is 0. The summed E-state index contributed by atoms with van der Waals surface area (Å²) < 4.78 is 11.7. The number of hydrogen-bond acceptors (Lipinski definition) is 7. The topological polar surface area (TPSA) is 123 Å². The number of carbonyl (C=O) groups is 4. The van der Waals surface area contributed by atoms with Crippen molar-refractivity contribution >= 4 is 29.6 Å². The van der Waals surface area contributed by atoms with Crippen LogP contribution in [0.4, 0.5) is 10.5 Å². The van der Waals surface area contributed by atoms with Gasteiger partial charge in [-0.25, -0.2) is 15.1 Å². The van der Waals surface area contributed by atoms with Crippen LogP contribution in [0, 0.1) is 0 Å². The van der Waals surface area contributed by atoms with Gasteiger partial charge in [0.1, 0.15) is 11.7 Å². The molecule has 2 N–H and O–H groups in total. The molecule has 0 spiro atoms. The predicted octanol–water partition coefficient (Wildman–Crippen LogP) is 7.00. The van der Waals surface area contributed by atoms with E-state index >= 15 is 0 Å². The molecule has 45 heavy (non-hydrogen) atoms. The van der Waals surface area contributed by atoms with Gasteiger partial charge >= 0.3 is 12.1 Å². The molecular weight excluding hydrogens is 574 g/mol. The van der Waals surface area contributed by atoms with Gasteiger partial charge in [-0.1, -0.05) is 61.4 Å². The predicted molar refractivity (Wildman–Crippen MR) is 172 cm³/mol. The van der Waals surface area contributed by atoms with Crippen molar-refractivity contribution in [1.82, 2.24) is 10.4 Å². The summed E-state index contributed by atoms with van der Waals surface area (Å²) in [6.45, 7) is 7.57. The number of unbranched alkanes of at least 4 members (excludes halogenated alkanes) is 3. The summed E-state index contributed by atoms with van der Waals surface area (Å²) >= 11 is 0. The average molecular weight is 624 g/mol. The Morgan fingerprint density at radius 1 is 0.867 bits per heavy atom. The molecule has 1 aliphatic rings. The number of nitrogens with one attached hydrogen (secondary N) is 2. The molecule has 0 bridgehead atoms. The van der Waals surface area contributed by atoms with Crippen LogP contribution < -0.4 is 10.8 Å². The van der Waals surface area contributed by atoms with Crippen LogP contribution in [-0.4, -0.2) is 47.1 Å². The van der Waals surface area contributed by atoms with Crippen molar-refractivity contribution in [3.05, 3.63) is 65.7 Å². The van der Waals surface area contributed by atoms with E-state index in [1.807, 2.05) is 36.4 Å². The third-order valence-corrected chi connectivity index (χ3v) is 7.38. The van der Waals surface area contributed by atoms with E-state index in [9.17, 15) is 19.2 Å². The molecule has 0 heterocycles. The van der Waals surface area contributed by atoms with Gasteiger partial charge in [0.05, 0.1) is 13.2 Å². The minimum absolute atomic E-state index is 0.00844. The zero-order chi connectivity index (χ0) is 32.7. The van der Waals surface area contributed by atoms with E-state index in [1.54, 1.807) is 45.9 Å².